The first-order valence-corrected chi connectivity index (χ1v) is 6.54. The Labute approximate surface area is 125 Å². The second-order valence-electron chi connectivity index (χ2n) is 4.27. The molecule has 0 unspecified atom stereocenters. The van der Waals surface area contributed by atoms with E-state index in [4.69, 9.17) is 23.2 Å². The van der Waals surface area contributed by atoms with Crippen molar-refractivity contribution in [3.05, 3.63) is 40.4 Å². The first kappa shape index (κ1) is 14.6. The monoisotopic (exact) mass is 314 g/mol. The summed E-state index contributed by atoms with van der Waals surface area (Å²) in [6.45, 7) is 2.26. The van der Waals surface area contributed by atoms with Gasteiger partial charge in [-0.05, 0) is 19.1 Å². The molecule has 0 fully saturated rings. The zero-order valence-electron chi connectivity index (χ0n) is 10.5. The minimum absolute atomic E-state index is 0.00140. The number of nitrogens with zero attached hydrogens (tertiary/aromatic N) is 3. The van der Waals surface area contributed by atoms with Crippen molar-refractivity contribution in [2.24, 2.45) is 0 Å². The lowest BCUT2D eigenvalue weighted by Crippen LogP contribution is -2.36. The maximum Gasteiger partial charge on any atom is 0.256 e. The molecular weight excluding hydrogens is 303 g/mol. The summed E-state index contributed by atoms with van der Waals surface area (Å²) in [7, 11) is 0. The number of phenols is 1. The van der Waals surface area contributed by atoms with Gasteiger partial charge in [-0.3, -0.25) is 9.48 Å². The van der Waals surface area contributed by atoms with Crippen LogP contribution in [-0.2, 0) is 6.54 Å². The molecule has 20 heavy (non-hydrogen) atoms. The van der Waals surface area contributed by atoms with Gasteiger partial charge in [0.2, 0.25) is 0 Å². The van der Waals surface area contributed by atoms with Gasteiger partial charge in [0.1, 0.15) is 18.4 Å². The van der Waals surface area contributed by atoms with E-state index in [1.807, 2.05) is 0 Å². The van der Waals surface area contributed by atoms with Gasteiger partial charge in [0.25, 0.3) is 5.91 Å². The van der Waals surface area contributed by atoms with Crippen LogP contribution < -0.4 is 5.32 Å². The molecule has 0 saturated heterocycles. The lowest BCUT2D eigenvalue weighted by molar-refractivity contribution is 0.0933. The average Bonchev–Trinajstić information content (AvgIpc) is 2.79. The molecule has 2 N–H and O–H groups in total. The normalized spacial score (nSPS) is 12.2. The number of benzene rings is 1. The van der Waals surface area contributed by atoms with Crippen molar-refractivity contribution >= 4 is 29.1 Å². The predicted octanol–water partition coefficient (Wildman–Crippen LogP) is 2.11. The van der Waals surface area contributed by atoms with Gasteiger partial charge >= 0.3 is 0 Å². The lowest BCUT2D eigenvalue weighted by Gasteiger charge is -2.15. The highest BCUT2D eigenvalue weighted by Crippen LogP contribution is 2.29. The van der Waals surface area contributed by atoms with Gasteiger partial charge in [-0.15, -0.1) is 0 Å². The molecule has 1 heterocycles. The van der Waals surface area contributed by atoms with Gasteiger partial charge in [-0.25, -0.2) is 4.98 Å². The maximum atomic E-state index is 12.1. The van der Waals surface area contributed by atoms with Crippen LogP contribution >= 0.6 is 23.2 Å². The van der Waals surface area contributed by atoms with Crippen molar-refractivity contribution in [1.29, 1.82) is 0 Å². The third-order valence-electron chi connectivity index (χ3n) is 2.57. The Morgan fingerprint density at radius 2 is 2.25 bits per heavy atom. The topological polar surface area (TPSA) is 80.0 Å². The summed E-state index contributed by atoms with van der Waals surface area (Å²) in [5.41, 5.74) is 0.00140. The van der Waals surface area contributed by atoms with Gasteiger partial charge in [-0.1, -0.05) is 23.2 Å². The van der Waals surface area contributed by atoms with Crippen molar-refractivity contribution in [2.75, 3.05) is 0 Å². The molecule has 8 heteroatoms. The molecule has 1 aromatic heterocycles. The quantitative estimate of drug-likeness (QED) is 0.905. The van der Waals surface area contributed by atoms with Crippen LogP contribution in [0.1, 0.15) is 17.3 Å². The number of aromatic hydroxyl groups is 1. The molecule has 2 aromatic rings. The van der Waals surface area contributed by atoms with E-state index in [0.29, 0.717) is 6.54 Å². The van der Waals surface area contributed by atoms with Gasteiger partial charge in [-0.2, -0.15) is 5.10 Å². The Morgan fingerprint density at radius 3 is 2.85 bits per heavy atom. The van der Waals surface area contributed by atoms with Crippen LogP contribution in [0.5, 0.6) is 5.75 Å². The molecule has 1 atom stereocenters. The van der Waals surface area contributed by atoms with E-state index in [0.717, 1.165) is 0 Å². The Balaban J connectivity index is 2.08. The van der Waals surface area contributed by atoms with Crippen molar-refractivity contribution < 1.29 is 9.90 Å². The largest absolute Gasteiger partial charge is 0.507 e. The predicted molar refractivity (Wildman–Crippen MR) is 75.1 cm³/mol. The average molecular weight is 315 g/mol. The molecule has 0 saturated carbocycles. The SMILES string of the molecule is C[C@@H](Cn1cncn1)NC(=O)c1c(O)cc(Cl)cc1Cl. The van der Waals surface area contributed by atoms with Crippen molar-refractivity contribution in [1.82, 2.24) is 20.1 Å². The fraction of sp³-hybridized carbons (Fsp3) is 0.250. The molecular formula is C12H12Cl2N4O2. The third-order valence-corrected chi connectivity index (χ3v) is 3.08. The number of hydrogen-bond donors (Lipinski definition) is 2. The van der Waals surface area contributed by atoms with E-state index >= 15 is 0 Å². The summed E-state index contributed by atoms with van der Waals surface area (Å²) in [6, 6.07) is 2.46. The smallest absolute Gasteiger partial charge is 0.256 e. The van der Waals surface area contributed by atoms with Gasteiger partial charge < -0.3 is 10.4 Å². The molecule has 1 aromatic carbocycles. The van der Waals surface area contributed by atoms with Crippen LogP contribution in [0.25, 0.3) is 0 Å². The highest BCUT2D eigenvalue weighted by atomic mass is 35.5. The van der Waals surface area contributed by atoms with E-state index in [-0.39, 0.29) is 27.4 Å². The number of halogens is 2. The highest BCUT2D eigenvalue weighted by molar-refractivity contribution is 6.37. The summed E-state index contributed by atoms with van der Waals surface area (Å²) in [6.07, 6.45) is 2.96. The third kappa shape index (κ3) is 3.40. The van der Waals surface area contributed by atoms with E-state index in [1.54, 1.807) is 17.9 Å². The minimum atomic E-state index is -0.475. The summed E-state index contributed by atoms with van der Waals surface area (Å²) in [4.78, 5) is 15.9. The molecule has 0 aliphatic rings. The number of phenolic OH excluding ortho intramolecular Hbond substituents is 1. The molecule has 1 amide bonds. The second kappa shape index (κ2) is 6.11. The Bertz CT molecular complexity index is 593. The van der Waals surface area contributed by atoms with Crippen molar-refractivity contribution in [3.63, 3.8) is 0 Å². The molecule has 0 aliphatic carbocycles. The number of carbonyl (C=O) groups excluding carboxylic acids is 1. The molecule has 106 valence electrons. The molecule has 0 bridgehead atoms. The Hall–Kier alpha value is -1.79. The van der Waals surface area contributed by atoms with E-state index in [2.05, 4.69) is 15.4 Å². The van der Waals surface area contributed by atoms with Gasteiger partial charge in [0.15, 0.2) is 0 Å². The highest BCUT2D eigenvalue weighted by Gasteiger charge is 2.18. The number of nitrogens with one attached hydrogen (secondary N) is 1. The Morgan fingerprint density at radius 1 is 1.50 bits per heavy atom. The fourth-order valence-corrected chi connectivity index (χ4v) is 2.30. The van der Waals surface area contributed by atoms with Crippen LogP contribution in [0.2, 0.25) is 10.0 Å². The fourth-order valence-electron chi connectivity index (χ4n) is 1.73. The molecule has 0 spiro atoms. The number of carbonyl (C=O) groups is 1. The minimum Gasteiger partial charge on any atom is -0.507 e. The zero-order chi connectivity index (χ0) is 14.7. The summed E-state index contributed by atoms with van der Waals surface area (Å²) in [5.74, 6) is -0.732. The first-order valence-electron chi connectivity index (χ1n) is 5.78. The van der Waals surface area contributed by atoms with E-state index in [9.17, 15) is 9.90 Å². The standard InChI is InChI=1S/C12H12Cl2N4O2/c1-7(4-18-6-15-5-16-18)17-12(20)11-9(14)2-8(13)3-10(11)19/h2-3,5-7,19H,4H2,1H3,(H,17,20)/t7-/m0/s1. The molecule has 0 aliphatic heterocycles. The number of rotatable bonds is 4. The molecule has 0 radical (unpaired) electrons. The second-order valence-corrected chi connectivity index (χ2v) is 5.12. The molecule has 6 nitrogen and oxygen atoms in total. The van der Waals surface area contributed by atoms with E-state index < -0.39 is 5.91 Å². The first-order chi connectivity index (χ1) is 9.47. The van der Waals surface area contributed by atoms with Crippen LogP contribution in [0, 0.1) is 0 Å². The van der Waals surface area contributed by atoms with E-state index in [1.165, 1.54) is 18.5 Å². The number of amides is 1. The summed E-state index contributed by atoms with van der Waals surface area (Å²) in [5, 5.41) is 16.8. The van der Waals surface area contributed by atoms with Crippen molar-refractivity contribution in [3.8, 4) is 5.75 Å². The van der Waals surface area contributed by atoms with Crippen LogP contribution in [-0.4, -0.2) is 31.8 Å². The van der Waals surface area contributed by atoms with Crippen LogP contribution in [0.4, 0.5) is 0 Å². The van der Waals surface area contributed by atoms with Gasteiger partial charge in [0, 0.05) is 11.1 Å². The summed E-state index contributed by atoms with van der Waals surface area (Å²) < 4.78 is 1.59. The van der Waals surface area contributed by atoms with Crippen LogP contribution in [0.15, 0.2) is 24.8 Å². The zero-order valence-corrected chi connectivity index (χ0v) is 12.1. The summed E-state index contributed by atoms with van der Waals surface area (Å²) >= 11 is 11.7. The van der Waals surface area contributed by atoms with Crippen molar-refractivity contribution in [2.45, 2.75) is 19.5 Å². The lowest BCUT2D eigenvalue weighted by atomic mass is 10.1. The van der Waals surface area contributed by atoms with Crippen LogP contribution in [0.3, 0.4) is 0 Å². The molecule has 2 rings (SSSR count). The maximum absolute atomic E-state index is 12.1. The Kier molecular flexibility index (Phi) is 4.46. The number of hydrogen-bond acceptors (Lipinski definition) is 4. The van der Waals surface area contributed by atoms with Gasteiger partial charge in [0.05, 0.1) is 17.1 Å². The number of aromatic nitrogens is 3.